The van der Waals surface area contributed by atoms with E-state index in [9.17, 15) is 8.42 Å². The van der Waals surface area contributed by atoms with Crippen LogP contribution < -0.4 is 9.62 Å². The van der Waals surface area contributed by atoms with Crippen LogP contribution in [0.15, 0.2) is 15.6 Å². The summed E-state index contributed by atoms with van der Waals surface area (Å²) < 4.78 is 33.0. The van der Waals surface area contributed by atoms with Gasteiger partial charge in [-0.2, -0.15) is 0 Å². The number of fused-ring (bicyclic) bond motifs is 1. The first kappa shape index (κ1) is 16.8. The van der Waals surface area contributed by atoms with E-state index in [1.165, 1.54) is 0 Å². The molecule has 0 bridgehead atoms. The standard InChI is InChI=1S/C15H21N5O3S/c1-9-14(10(2)23-18-9)24(21,22)19-12-5-6-13-11(7-12)8-16-15(17-13)20(3)4/h8,12,19H,5-7H2,1-4H3. The molecule has 2 aromatic rings. The average molecular weight is 351 g/mol. The van der Waals surface area contributed by atoms with Crippen LogP contribution in [0.2, 0.25) is 0 Å². The van der Waals surface area contributed by atoms with Gasteiger partial charge in [-0.15, -0.1) is 0 Å². The number of rotatable bonds is 4. The fourth-order valence-electron chi connectivity index (χ4n) is 2.95. The molecule has 1 atom stereocenters. The molecule has 3 rings (SSSR count). The number of anilines is 1. The maximum Gasteiger partial charge on any atom is 0.246 e. The number of nitrogens with zero attached hydrogens (tertiary/aromatic N) is 4. The summed E-state index contributed by atoms with van der Waals surface area (Å²) in [6.45, 7) is 3.22. The molecule has 0 saturated carbocycles. The predicted octanol–water partition coefficient (Wildman–Crippen LogP) is 0.983. The van der Waals surface area contributed by atoms with Crippen molar-refractivity contribution in [2.24, 2.45) is 0 Å². The molecule has 130 valence electrons. The minimum absolute atomic E-state index is 0.132. The molecule has 1 aliphatic carbocycles. The summed E-state index contributed by atoms with van der Waals surface area (Å²) in [5.74, 6) is 0.971. The van der Waals surface area contributed by atoms with Crippen LogP contribution >= 0.6 is 0 Å². The lowest BCUT2D eigenvalue weighted by Crippen LogP contribution is -2.39. The Kier molecular flexibility index (Phi) is 4.31. The van der Waals surface area contributed by atoms with E-state index in [4.69, 9.17) is 4.52 Å². The highest BCUT2D eigenvalue weighted by Crippen LogP contribution is 2.24. The second kappa shape index (κ2) is 6.14. The van der Waals surface area contributed by atoms with Crippen LogP contribution in [0.4, 0.5) is 5.95 Å². The van der Waals surface area contributed by atoms with Gasteiger partial charge in [0.15, 0.2) is 5.76 Å². The first-order chi connectivity index (χ1) is 11.3. The third-order valence-electron chi connectivity index (χ3n) is 4.10. The van der Waals surface area contributed by atoms with Gasteiger partial charge in [0.2, 0.25) is 16.0 Å². The second-order valence-corrected chi connectivity index (χ2v) is 7.90. The van der Waals surface area contributed by atoms with Gasteiger partial charge in [0.25, 0.3) is 0 Å². The van der Waals surface area contributed by atoms with E-state index in [-0.39, 0.29) is 10.9 Å². The summed E-state index contributed by atoms with van der Waals surface area (Å²) in [6, 6.07) is -0.190. The summed E-state index contributed by atoms with van der Waals surface area (Å²) >= 11 is 0. The van der Waals surface area contributed by atoms with Crippen LogP contribution in [0, 0.1) is 13.8 Å². The third kappa shape index (κ3) is 3.13. The average Bonchev–Trinajstić information content (AvgIpc) is 2.85. The first-order valence-electron chi connectivity index (χ1n) is 7.75. The van der Waals surface area contributed by atoms with Gasteiger partial charge in [-0.25, -0.2) is 23.1 Å². The Bertz CT molecular complexity index is 840. The Morgan fingerprint density at radius 3 is 2.71 bits per heavy atom. The lowest BCUT2D eigenvalue weighted by Gasteiger charge is -2.25. The van der Waals surface area contributed by atoms with Gasteiger partial charge < -0.3 is 9.42 Å². The van der Waals surface area contributed by atoms with E-state index in [1.54, 1.807) is 20.0 Å². The summed E-state index contributed by atoms with van der Waals surface area (Å²) in [4.78, 5) is 10.8. The highest BCUT2D eigenvalue weighted by atomic mass is 32.2. The van der Waals surface area contributed by atoms with Crippen molar-refractivity contribution < 1.29 is 12.9 Å². The number of hydrogen-bond acceptors (Lipinski definition) is 7. The van der Waals surface area contributed by atoms with Crippen molar-refractivity contribution in [1.82, 2.24) is 19.8 Å². The number of sulfonamides is 1. The van der Waals surface area contributed by atoms with Crippen LogP contribution in [0.3, 0.4) is 0 Å². The zero-order valence-electron chi connectivity index (χ0n) is 14.2. The van der Waals surface area contributed by atoms with Crippen LogP contribution in [0.1, 0.15) is 29.1 Å². The molecule has 8 nitrogen and oxygen atoms in total. The fraction of sp³-hybridized carbons (Fsp3) is 0.533. The molecule has 0 aliphatic heterocycles. The van der Waals surface area contributed by atoms with E-state index in [0.717, 1.165) is 11.3 Å². The quantitative estimate of drug-likeness (QED) is 0.876. The molecule has 1 aliphatic rings. The molecule has 0 spiro atoms. The summed E-state index contributed by atoms with van der Waals surface area (Å²) in [5, 5.41) is 3.72. The molecule has 2 aromatic heterocycles. The van der Waals surface area contributed by atoms with Crippen LogP contribution in [-0.2, 0) is 22.9 Å². The predicted molar refractivity (Wildman–Crippen MR) is 88.5 cm³/mol. The Labute approximate surface area is 141 Å². The Hall–Kier alpha value is -2.00. The van der Waals surface area contributed by atoms with Gasteiger partial charge in [-0.3, -0.25) is 0 Å². The normalized spacial score (nSPS) is 17.6. The lowest BCUT2D eigenvalue weighted by molar-refractivity contribution is 0.390. The van der Waals surface area contributed by atoms with E-state index in [0.29, 0.717) is 36.7 Å². The summed E-state index contributed by atoms with van der Waals surface area (Å²) in [6.07, 6.45) is 3.77. The van der Waals surface area contributed by atoms with E-state index in [2.05, 4.69) is 19.8 Å². The van der Waals surface area contributed by atoms with E-state index >= 15 is 0 Å². The highest BCUT2D eigenvalue weighted by Gasteiger charge is 2.29. The molecular formula is C15H21N5O3S. The molecule has 0 amide bonds. The van der Waals surface area contributed by atoms with Crippen LogP contribution in [0.25, 0.3) is 0 Å². The van der Waals surface area contributed by atoms with Gasteiger partial charge >= 0.3 is 0 Å². The SMILES string of the molecule is Cc1noc(C)c1S(=O)(=O)NC1CCc2nc(N(C)C)ncc2C1. The van der Waals surface area contributed by atoms with Crippen molar-refractivity contribution in [3.8, 4) is 0 Å². The molecule has 2 heterocycles. The molecule has 0 aromatic carbocycles. The molecule has 9 heteroatoms. The molecule has 24 heavy (non-hydrogen) atoms. The highest BCUT2D eigenvalue weighted by molar-refractivity contribution is 7.89. The number of nitrogens with one attached hydrogen (secondary N) is 1. The number of hydrogen-bond donors (Lipinski definition) is 1. The molecule has 1 N–H and O–H groups in total. The van der Waals surface area contributed by atoms with Gasteiger partial charge in [0, 0.05) is 32.0 Å². The van der Waals surface area contributed by atoms with Gasteiger partial charge in [-0.05, 0) is 38.7 Å². The first-order valence-corrected chi connectivity index (χ1v) is 9.23. The Balaban J connectivity index is 1.79. The molecule has 0 radical (unpaired) electrons. The smallest absolute Gasteiger partial charge is 0.246 e. The van der Waals surface area contributed by atoms with Crippen molar-refractivity contribution in [3.05, 3.63) is 28.9 Å². The Morgan fingerprint density at radius 2 is 2.08 bits per heavy atom. The lowest BCUT2D eigenvalue weighted by atomic mass is 9.94. The van der Waals surface area contributed by atoms with E-state index in [1.807, 2.05) is 19.0 Å². The van der Waals surface area contributed by atoms with Crippen molar-refractivity contribution in [2.75, 3.05) is 19.0 Å². The molecule has 1 unspecified atom stereocenters. The molecule has 0 fully saturated rings. The monoisotopic (exact) mass is 351 g/mol. The maximum atomic E-state index is 12.6. The van der Waals surface area contributed by atoms with Crippen molar-refractivity contribution in [2.45, 2.75) is 44.0 Å². The largest absolute Gasteiger partial charge is 0.360 e. The van der Waals surface area contributed by atoms with Crippen LogP contribution in [-0.4, -0.2) is 43.7 Å². The third-order valence-corrected chi connectivity index (χ3v) is 5.86. The Morgan fingerprint density at radius 1 is 1.33 bits per heavy atom. The maximum absolute atomic E-state index is 12.6. The zero-order chi connectivity index (χ0) is 17.5. The number of aromatic nitrogens is 3. The molecular weight excluding hydrogens is 330 g/mol. The topological polar surface area (TPSA) is 101 Å². The second-order valence-electron chi connectivity index (χ2n) is 6.25. The summed E-state index contributed by atoms with van der Waals surface area (Å²) in [7, 11) is 0.131. The number of aryl methyl sites for hydroxylation is 3. The van der Waals surface area contributed by atoms with Crippen LogP contribution in [0.5, 0.6) is 0 Å². The van der Waals surface area contributed by atoms with Crippen molar-refractivity contribution in [1.29, 1.82) is 0 Å². The zero-order valence-corrected chi connectivity index (χ0v) is 15.0. The fourth-order valence-corrected chi connectivity index (χ4v) is 4.55. The minimum Gasteiger partial charge on any atom is -0.360 e. The van der Waals surface area contributed by atoms with E-state index < -0.39 is 10.0 Å². The summed E-state index contributed by atoms with van der Waals surface area (Å²) in [5.41, 5.74) is 2.34. The minimum atomic E-state index is -3.66. The van der Waals surface area contributed by atoms with Gasteiger partial charge in [0.05, 0.1) is 0 Å². The van der Waals surface area contributed by atoms with Gasteiger partial charge in [0.1, 0.15) is 10.6 Å². The molecule has 0 saturated heterocycles. The van der Waals surface area contributed by atoms with Gasteiger partial charge in [-0.1, -0.05) is 5.16 Å². The van der Waals surface area contributed by atoms with Crippen molar-refractivity contribution in [3.63, 3.8) is 0 Å². The van der Waals surface area contributed by atoms with Crippen molar-refractivity contribution >= 4 is 16.0 Å².